The Kier molecular flexibility index (Phi) is 2.99. The maximum Gasteiger partial charge on any atom is 0.328 e. The highest BCUT2D eigenvalue weighted by Crippen LogP contribution is 2.23. The summed E-state index contributed by atoms with van der Waals surface area (Å²) in [6, 6.07) is 1.80. The van der Waals surface area contributed by atoms with E-state index in [-0.39, 0.29) is 0 Å². The van der Waals surface area contributed by atoms with E-state index in [1.54, 1.807) is 12.3 Å². The molecule has 12 heavy (non-hydrogen) atoms. The second-order valence-electron chi connectivity index (χ2n) is 2.10. The lowest BCUT2D eigenvalue weighted by atomic mass is 10.5. The first-order chi connectivity index (χ1) is 5.70. The number of carboxylic acid groups (broad SMARTS) is 1. The van der Waals surface area contributed by atoms with Gasteiger partial charge in [0.1, 0.15) is 5.76 Å². The third-order valence-electron chi connectivity index (χ3n) is 1.22. The molecule has 1 rings (SSSR count). The van der Waals surface area contributed by atoms with Crippen LogP contribution in [0.15, 0.2) is 33.1 Å². The number of furan rings is 1. The van der Waals surface area contributed by atoms with E-state index >= 15 is 0 Å². The van der Waals surface area contributed by atoms with Crippen molar-refractivity contribution >= 4 is 17.7 Å². The molecule has 1 aromatic heterocycles. The first kappa shape index (κ1) is 8.93. The van der Waals surface area contributed by atoms with Crippen molar-refractivity contribution in [2.24, 2.45) is 0 Å². The van der Waals surface area contributed by atoms with Gasteiger partial charge in [0.05, 0.1) is 11.2 Å². The third-order valence-corrected chi connectivity index (χ3v) is 2.17. The van der Waals surface area contributed by atoms with Crippen molar-refractivity contribution < 1.29 is 14.3 Å². The summed E-state index contributed by atoms with van der Waals surface area (Å²) in [6.45, 7) is 1.83. The van der Waals surface area contributed by atoms with E-state index in [9.17, 15) is 4.79 Å². The molecule has 64 valence electrons. The smallest absolute Gasteiger partial charge is 0.328 e. The maximum absolute atomic E-state index is 10.1. The van der Waals surface area contributed by atoms with Gasteiger partial charge in [-0.25, -0.2) is 4.79 Å². The van der Waals surface area contributed by atoms with Crippen LogP contribution in [0.1, 0.15) is 5.76 Å². The number of carboxylic acids is 1. The van der Waals surface area contributed by atoms with Crippen LogP contribution in [0, 0.1) is 6.92 Å². The van der Waals surface area contributed by atoms with Crippen molar-refractivity contribution in [3.8, 4) is 0 Å². The van der Waals surface area contributed by atoms with Crippen LogP contribution in [0.25, 0.3) is 0 Å². The number of carbonyl (C=O) groups is 1. The summed E-state index contributed by atoms with van der Waals surface area (Å²) in [4.78, 5) is 11.0. The van der Waals surface area contributed by atoms with Crippen LogP contribution in [0.3, 0.4) is 0 Å². The molecule has 0 saturated heterocycles. The minimum Gasteiger partial charge on any atom is -0.478 e. The summed E-state index contributed by atoms with van der Waals surface area (Å²) in [6.07, 6.45) is 2.67. The zero-order valence-corrected chi connectivity index (χ0v) is 7.30. The number of aryl methyl sites for hydroxylation is 1. The lowest BCUT2D eigenvalue weighted by Gasteiger charge is -1.89. The van der Waals surface area contributed by atoms with E-state index in [0.29, 0.717) is 0 Å². The summed E-state index contributed by atoms with van der Waals surface area (Å²) in [7, 11) is 0. The van der Waals surface area contributed by atoms with Crippen molar-refractivity contribution in [3.63, 3.8) is 0 Å². The van der Waals surface area contributed by atoms with E-state index in [4.69, 9.17) is 9.52 Å². The van der Waals surface area contributed by atoms with Crippen LogP contribution in [0.5, 0.6) is 0 Å². The summed E-state index contributed by atoms with van der Waals surface area (Å²) in [5, 5.41) is 9.80. The molecular formula is C8H8O3S. The Bertz CT molecular complexity index is 301. The van der Waals surface area contributed by atoms with Crippen molar-refractivity contribution in [3.05, 3.63) is 29.6 Å². The molecule has 0 aliphatic carbocycles. The summed E-state index contributed by atoms with van der Waals surface area (Å²) in [5.74, 6) is -0.140. The van der Waals surface area contributed by atoms with Crippen molar-refractivity contribution in [1.29, 1.82) is 0 Å². The number of aliphatic carboxylic acids is 1. The molecule has 0 bridgehead atoms. The highest BCUT2D eigenvalue weighted by Gasteiger charge is 1.98. The first-order valence-corrected chi connectivity index (χ1v) is 4.18. The van der Waals surface area contributed by atoms with Gasteiger partial charge in [-0.2, -0.15) is 0 Å². The lowest BCUT2D eigenvalue weighted by molar-refractivity contribution is -0.131. The fourth-order valence-corrected chi connectivity index (χ4v) is 1.34. The van der Waals surface area contributed by atoms with Gasteiger partial charge >= 0.3 is 5.97 Å². The van der Waals surface area contributed by atoms with Crippen LogP contribution in [0.4, 0.5) is 0 Å². The molecule has 0 amide bonds. The average Bonchev–Trinajstić information content (AvgIpc) is 2.36. The molecule has 0 aliphatic rings. The van der Waals surface area contributed by atoms with Gasteiger partial charge in [-0.15, -0.1) is 0 Å². The molecule has 0 aliphatic heterocycles. The minimum absolute atomic E-state index is 0.801. The standard InChI is InChI=1S/C8H8O3S/c1-6-7(2-4-11-6)12-5-3-8(9)10/h2-5H,1H3,(H,9,10)/b5-3+. The molecule has 0 radical (unpaired) electrons. The van der Waals surface area contributed by atoms with Crippen molar-refractivity contribution in [1.82, 2.24) is 0 Å². The highest BCUT2D eigenvalue weighted by atomic mass is 32.2. The third kappa shape index (κ3) is 2.47. The van der Waals surface area contributed by atoms with Gasteiger partial charge in [-0.3, -0.25) is 0 Å². The summed E-state index contributed by atoms with van der Waals surface area (Å²) in [5.41, 5.74) is 0. The summed E-state index contributed by atoms with van der Waals surface area (Å²) < 4.78 is 5.02. The van der Waals surface area contributed by atoms with Gasteiger partial charge in [-0.1, -0.05) is 11.8 Å². The lowest BCUT2D eigenvalue weighted by Crippen LogP contribution is -1.84. The maximum atomic E-state index is 10.1. The number of hydrogen-bond donors (Lipinski definition) is 1. The Morgan fingerprint density at radius 1 is 1.75 bits per heavy atom. The normalized spacial score (nSPS) is 10.8. The van der Waals surface area contributed by atoms with E-state index < -0.39 is 5.97 Å². The van der Waals surface area contributed by atoms with Crippen molar-refractivity contribution in [2.45, 2.75) is 11.8 Å². The van der Waals surface area contributed by atoms with Crippen LogP contribution >= 0.6 is 11.8 Å². The number of hydrogen-bond acceptors (Lipinski definition) is 3. The molecule has 0 atom stereocenters. The fourth-order valence-electron chi connectivity index (χ4n) is 0.661. The molecular weight excluding hydrogens is 176 g/mol. The van der Waals surface area contributed by atoms with Crippen LogP contribution in [-0.4, -0.2) is 11.1 Å². The molecule has 1 heterocycles. The topological polar surface area (TPSA) is 50.4 Å². The molecule has 0 aromatic carbocycles. The van der Waals surface area contributed by atoms with Crippen LogP contribution < -0.4 is 0 Å². The van der Waals surface area contributed by atoms with Gasteiger partial charge < -0.3 is 9.52 Å². The summed E-state index contributed by atoms with van der Waals surface area (Å²) >= 11 is 1.33. The zero-order chi connectivity index (χ0) is 8.97. The molecule has 4 heteroatoms. The Labute approximate surface area is 74.1 Å². The Hall–Kier alpha value is -1.16. The van der Waals surface area contributed by atoms with Gasteiger partial charge in [0.15, 0.2) is 0 Å². The van der Waals surface area contributed by atoms with Gasteiger partial charge in [-0.05, 0) is 18.4 Å². The first-order valence-electron chi connectivity index (χ1n) is 3.30. The second kappa shape index (κ2) is 4.01. The SMILES string of the molecule is Cc1occc1S/C=C/C(=O)O. The van der Waals surface area contributed by atoms with Crippen LogP contribution in [-0.2, 0) is 4.79 Å². The van der Waals surface area contributed by atoms with Gasteiger partial charge in [0.2, 0.25) is 0 Å². The second-order valence-corrected chi connectivity index (χ2v) is 3.05. The predicted molar refractivity (Wildman–Crippen MR) is 46.1 cm³/mol. The monoisotopic (exact) mass is 184 g/mol. The zero-order valence-electron chi connectivity index (χ0n) is 6.48. The van der Waals surface area contributed by atoms with E-state index in [2.05, 4.69) is 0 Å². The Balaban J connectivity index is 2.54. The van der Waals surface area contributed by atoms with Crippen molar-refractivity contribution in [2.75, 3.05) is 0 Å². The highest BCUT2D eigenvalue weighted by molar-refractivity contribution is 8.02. The molecule has 0 spiro atoms. The molecule has 0 fully saturated rings. The molecule has 3 nitrogen and oxygen atoms in total. The number of thioether (sulfide) groups is 1. The predicted octanol–water partition coefficient (Wildman–Crippen LogP) is 2.28. The number of rotatable bonds is 3. The van der Waals surface area contributed by atoms with E-state index in [1.807, 2.05) is 6.92 Å². The fraction of sp³-hybridized carbons (Fsp3) is 0.125. The van der Waals surface area contributed by atoms with E-state index in [0.717, 1.165) is 16.7 Å². The molecule has 1 N–H and O–H groups in total. The Morgan fingerprint density at radius 2 is 2.50 bits per heavy atom. The van der Waals surface area contributed by atoms with E-state index in [1.165, 1.54) is 17.2 Å². The van der Waals surface area contributed by atoms with Crippen LogP contribution in [0.2, 0.25) is 0 Å². The molecule has 0 unspecified atom stereocenters. The minimum atomic E-state index is -0.941. The molecule has 1 aromatic rings. The van der Waals surface area contributed by atoms with Gasteiger partial charge in [0.25, 0.3) is 0 Å². The average molecular weight is 184 g/mol. The largest absolute Gasteiger partial charge is 0.478 e. The van der Waals surface area contributed by atoms with Gasteiger partial charge in [0, 0.05) is 6.08 Å². The Morgan fingerprint density at radius 3 is 3.00 bits per heavy atom. The quantitative estimate of drug-likeness (QED) is 0.578. The molecule has 0 saturated carbocycles.